The highest BCUT2D eigenvalue weighted by Crippen LogP contribution is 2.04. The number of nitrogens with one attached hydrogen (secondary N) is 1. The van der Waals surface area contributed by atoms with Gasteiger partial charge in [0.25, 0.3) is 0 Å². The lowest BCUT2D eigenvalue weighted by atomic mass is 10.2. The van der Waals surface area contributed by atoms with Crippen LogP contribution in [0.4, 0.5) is 0 Å². The minimum Gasteiger partial charge on any atom is -0.352 e. The second kappa shape index (κ2) is 5.10. The van der Waals surface area contributed by atoms with Crippen molar-refractivity contribution in [3.05, 3.63) is 0 Å². The van der Waals surface area contributed by atoms with E-state index in [1.807, 2.05) is 13.8 Å². The normalized spacial score (nSPS) is 26.4. The fourth-order valence-electron chi connectivity index (χ4n) is 1.75. The number of carbonyl (C=O) groups is 2. The van der Waals surface area contributed by atoms with Gasteiger partial charge in [-0.05, 0) is 6.92 Å². The van der Waals surface area contributed by atoms with E-state index in [0.717, 1.165) is 25.9 Å². The van der Waals surface area contributed by atoms with E-state index in [9.17, 15) is 9.59 Å². The first-order valence-electron chi connectivity index (χ1n) is 5.09. The topological polar surface area (TPSA) is 49.4 Å². The monoisotopic (exact) mass is 198 g/mol. The van der Waals surface area contributed by atoms with Crippen molar-refractivity contribution >= 4 is 12.2 Å². The van der Waals surface area contributed by atoms with Crippen LogP contribution in [0.15, 0.2) is 0 Å². The van der Waals surface area contributed by atoms with Crippen LogP contribution in [0.25, 0.3) is 0 Å². The van der Waals surface area contributed by atoms with Gasteiger partial charge in [0.1, 0.15) is 6.29 Å². The number of rotatable bonds is 3. The molecule has 0 spiro atoms. The second-order valence-corrected chi connectivity index (χ2v) is 4.09. The van der Waals surface area contributed by atoms with E-state index in [0.29, 0.717) is 6.42 Å². The predicted molar refractivity (Wildman–Crippen MR) is 53.9 cm³/mol. The van der Waals surface area contributed by atoms with E-state index in [4.69, 9.17) is 0 Å². The van der Waals surface area contributed by atoms with Crippen LogP contribution in [-0.2, 0) is 9.59 Å². The highest BCUT2D eigenvalue weighted by Gasteiger charge is 2.19. The molecule has 1 N–H and O–H groups in total. The Morgan fingerprint density at radius 1 is 1.71 bits per heavy atom. The summed E-state index contributed by atoms with van der Waals surface area (Å²) in [7, 11) is 0. The summed E-state index contributed by atoms with van der Waals surface area (Å²) < 4.78 is 0. The molecule has 0 aliphatic carbocycles. The smallest absolute Gasteiger partial charge is 0.221 e. The third kappa shape index (κ3) is 3.46. The van der Waals surface area contributed by atoms with Crippen molar-refractivity contribution in [3.63, 3.8) is 0 Å². The maximum Gasteiger partial charge on any atom is 0.221 e. The molecule has 1 heterocycles. The van der Waals surface area contributed by atoms with Gasteiger partial charge in [0, 0.05) is 38.0 Å². The number of amides is 1. The van der Waals surface area contributed by atoms with Gasteiger partial charge in [-0.25, -0.2) is 0 Å². The molecule has 80 valence electrons. The molecule has 0 radical (unpaired) electrons. The van der Waals surface area contributed by atoms with Gasteiger partial charge in [0.2, 0.25) is 5.91 Å². The third-order valence-electron chi connectivity index (χ3n) is 2.37. The summed E-state index contributed by atoms with van der Waals surface area (Å²) in [5.41, 5.74) is 0. The summed E-state index contributed by atoms with van der Waals surface area (Å²) in [6, 6.07) is 0.184. The SMILES string of the molecule is CC(C=O)CN1CCC(=O)NC(C)C1. The Kier molecular flexibility index (Phi) is 4.07. The van der Waals surface area contributed by atoms with Crippen LogP contribution in [0.3, 0.4) is 0 Å². The molecule has 4 nitrogen and oxygen atoms in total. The second-order valence-electron chi connectivity index (χ2n) is 4.09. The van der Waals surface area contributed by atoms with Gasteiger partial charge >= 0.3 is 0 Å². The minimum absolute atomic E-state index is 0.0513. The van der Waals surface area contributed by atoms with Gasteiger partial charge in [-0.1, -0.05) is 6.92 Å². The van der Waals surface area contributed by atoms with Crippen LogP contribution in [0, 0.1) is 5.92 Å². The molecule has 1 saturated heterocycles. The summed E-state index contributed by atoms with van der Waals surface area (Å²) in [5, 5.41) is 2.89. The lowest BCUT2D eigenvalue weighted by Gasteiger charge is -2.22. The van der Waals surface area contributed by atoms with E-state index in [1.165, 1.54) is 0 Å². The summed E-state index contributed by atoms with van der Waals surface area (Å²) >= 11 is 0. The quantitative estimate of drug-likeness (QED) is 0.651. The lowest BCUT2D eigenvalue weighted by molar-refractivity contribution is -0.121. The minimum atomic E-state index is 0.0513. The first-order chi connectivity index (χ1) is 6.61. The highest BCUT2D eigenvalue weighted by atomic mass is 16.1. The van der Waals surface area contributed by atoms with Crippen LogP contribution in [0.1, 0.15) is 20.3 Å². The van der Waals surface area contributed by atoms with Gasteiger partial charge in [-0.3, -0.25) is 4.79 Å². The molecule has 4 heteroatoms. The predicted octanol–water partition coefficient (Wildman–Crippen LogP) is 0.0318. The van der Waals surface area contributed by atoms with Crippen LogP contribution >= 0.6 is 0 Å². The Labute approximate surface area is 84.7 Å². The lowest BCUT2D eigenvalue weighted by Crippen LogP contribution is -2.38. The maximum absolute atomic E-state index is 11.2. The molecule has 1 aliphatic rings. The highest BCUT2D eigenvalue weighted by molar-refractivity contribution is 5.76. The molecular weight excluding hydrogens is 180 g/mol. The van der Waals surface area contributed by atoms with Gasteiger partial charge < -0.3 is 15.0 Å². The number of carbonyl (C=O) groups excluding carboxylic acids is 2. The summed E-state index contributed by atoms with van der Waals surface area (Å²) in [4.78, 5) is 23.9. The molecule has 1 fully saturated rings. The Bertz CT molecular complexity index is 218. The van der Waals surface area contributed by atoms with E-state index < -0.39 is 0 Å². The molecule has 1 aliphatic heterocycles. The Morgan fingerprint density at radius 2 is 2.43 bits per heavy atom. The van der Waals surface area contributed by atoms with Gasteiger partial charge in [-0.15, -0.1) is 0 Å². The first-order valence-corrected chi connectivity index (χ1v) is 5.09. The molecular formula is C10H18N2O2. The molecule has 0 aromatic rings. The molecule has 14 heavy (non-hydrogen) atoms. The zero-order valence-electron chi connectivity index (χ0n) is 8.82. The molecule has 0 aromatic carbocycles. The standard InChI is InChI=1S/C10H18N2O2/c1-8(7-13)5-12-4-3-10(14)11-9(2)6-12/h7-9H,3-6H2,1-2H3,(H,11,14). The summed E-state index contributed by atoms with van der Waals surface area (Å²) in [6.07, 6.45) is 1.50. The number of nitrogens with zero attached hydrogens (tertiary/aromatic N) is 1. The van der Waals surface area contributed by atoms with E-state index >= 15 is 0 Å². The third-order valence-corrected chi connectivity index (χ3v) is 2.37. The van der Waals surface area contributed by atoms with Gasteiger partial charge in [-0.2, -0.15) is 0 Å². The van der Waals surface area contributed by atoms with Crippen LogP contribution < -0.4 is 5.32 Å². The van der Waals surface area contributed by atoms with E-state index in [2.05, 4.69) is 10.2 Å². The first kappa shape index (κ1) is 11.2. The average molecular weight is 198 g/mol. The van der Waals surface area contributed by atoms with Gasteiger partial charge in [0.05, 0.1) is 0 Å². The molecule has 0 saturated carbocycles. The summed E-state index contributed by atoms with van der Waals surface area (Å²) in [6.45, 7) is 6.24. The number of hydrogen-bond donors (Lipinski definition) is 1. The molecule has 0 bridgehead atoms. The molecule has 2 unspecified atom stereocenters. The number of aldehydes is 1. The van der Waals surface area contributed by atoms with Crippen molar-refractivity contribution in [2.75, 3.05) is 19.6 Å². The van der Waals surface area contributed by atoms with Crippen molar-refractivity contribution in [2.45, 2.75) is 26.3 Å². The Balaban J connectivity index is 2.45. The Hall–Kier alpha value is -0.900. The summed E-state index contributed by atoms with van der Waals surface area (Å²) in [5.74, 6) is 0.161. The molecule has 2 atom stereocenters. The average Bonchev–Trinajstić information content (AvgIpc) is 2.27. The largest absolute Gasteiger partial charge is 0.352 e. The molecule has 0 aromatic heterocycles. The molecule has 1 amide bonds. The van der Waals surface area contributed by atoms with Crippen molar-refractivity contribution in [3.8, 4) is 0 Å². The Morgan fingerprint density at radius 3 is 3.07 bits per heavy atom. The van der Waals surface area contributed by atoms with Crippen LogP contribution in [0.5, 0.6) is 0 Å². The zero-order valence-corrected chi connectivity index (χ0v) is 8.82. The molecule has 1 rings (SSSR count). The fraction of sp³-hybridized carbons (Fsp3) is 0.800. The van der Waals surface area contributed by atoms with Crippen molar-refractivity contribution < 1.29 is 9.59 Å². The number of hydrogen-bond acceptors (Lipinski definition) is 3. The van der Waals surface area contributed by atoms with Crippen molar-refractivity contribution in [1.82, 2.24) is 10.2 Å². The van der Waals surface area contributed by atoms with E-state index in [1.54, 1.807) is 0 Å². The zero-order chi connectivity index (χ0) is 10.6. The van der Waals surface area contributed by atoms with Crippen LogP contribution in [-0.4, -0.2) is 42.8 Å². The van der Waals surface area contributed by atoms with E-state index in [-0.39, 0.29) is 17.9 Å². The fourth-order valence-corrected chi connectivity index (χ4v) is 1.75. The van der Waals surface area contributed by atoms with Gasteiger partial charge in [0.15, 0.2) is 0 Å². The van der Waals surface area contributed by atoms with Crippen molar-refractivity contribution in [1.29, 1.82) is 0 Å². The maximum atomic E-state index is 11.2. The van der Waals surface area contributed by atoms with Crippen molar-refractivity contribution in [2.24, 2.45) is 5.92 Å². The van der Waals surface area contributed by atoms with Crippen LogP contribution in [0.2, 0.25) is 0 Å².